The van der Waals surface area contributed by atoms with E-state index in [1.54, 1.807) is 10.6 Å². The lowest BCUT2D eigenvalue weighted by molar-refractivity contribution is -0.325. The molecule has 5 rings (SSSR count). The van der Waals surface area contributed by atoms with Crippen LogP contribution in [-0.2, 0) is 17.8 Å². The van der Waals surface area contributed by atoms with Crippen LogP contribution in [0.2, 0.25) is 0 Å². The number of carbonyl (C=O) groups is 1. The second kappa shape index (κ2) is 8.18. The van der Waals surface area contributed by atoms with E-state index in [1.165, 1.54) is 12.1 Å². The molecule has 0 fully saturated rings. The molecule has 0 aliphatic carbocycles. The van der Waals surface area contributed by atoms with Gasteiger partial charge in [-0.3, -0.25) is 4.74 Å². The van der Waals surface area contributed by atoms with Crippen LogP contribution in [0.15, 0.2) is 60.7 Å². The Morgan fingerprint density at radius 3 is 2.44 bits per heavy atom. The van der Waals surface area contributed by atoms with Gasteiger partial charge in [0, 0.05) is 40.5 Å². The Morgan fingerprint density at radius 1 is 0.971 bits per heavy atom. The third-order valence-corrected chi connectivity index (χ3v) is 5.92. The summed E-state index contributed by atoms with van der Waals surface area (Å²) in [6, 6.07) is 18.3. The van der Waals surface area contributed by atoms with Gasteiger partial charge < -0.3 is 14.2 Å². The third kappa shape index (κ3) is 3.77. The normalized spacial score (nSPS) is 12.2. The molecule has 0 atom stereocenters. The molecule has 0 bridgehead atoms. The number of para-hydroxylation sites is 1. The van der Waals surface area contributed by atoms with Crippen LogP contribution in [0.4, 0.5) is 13.2 Å². The van der Waals surface area contributed by atoms with Crippen molar-refractivity contribution in [2.75, 3.05) is 6.61 Å². The van der Waals surface area contributed by atoms with Crippen LogP contribution in [-0.4, -0.2) is 38.2 Å². The van der Waals surface area contributed by atoms with Crippen molar-refractivity contribution >= 4 is 38.8 Å². The fourth-order valence-electron chi connectivity index (χ4n) is 4.50. The first-order chi connectivity index (χ1) is 16.3. The van der Waals surface area contributed by atoms with Gasteiger partial charge in [-0.25, -0.2) is 9.78 Å². The maximum atomic E-state index is 12.6. The second-order valence-electron chi connectivity index (χ2n) is 7.88. The number of aromatic carboxylic acids is 1. The third-order valence-electron chi connectivity index (χ3n) is 5.92. The molecule has 0 spiro atoms. The number of nitrogens with zero attached hydrogens (tertiary/aromatic N) is 3. The number of alkyl halides is 3. The number of halogens is 3. The van der Waals surface area contributed by atoms with E-state index < -0.39 is 18.9 Å². The fraction of sp³-hybridized carbons (Fsp3) is 0.200. The van der Waals surface area contributed by atoms with E-state index in [0.29, 0.717) is 22.4 Å². The number of fused-ring (bicyclic) bond motifs is 4. The van der Waals surface area contributed by atoms with Crippen molar-refractivity contribution in [1.82, 2.24) is 14.1 Å². The first-order valence-electron chi connectivity index (χ1n) is 10.7. The van der Waals surface area contributed by atoms with Crippen molar-refractivity contribution < 1.29 is 27.8 Å². The van der Waals surface area contributed by atoms with E-state index in [-0.39, 0.29) is 12.1 Å². The lowest BCUT2D eigenvalue weighted by Crippen LogP contribution is -2.17. The topological polar surface area (TPSA) is 69.3 Å². The molecule has 0 radical (unpaired) electrons. The zero-order valence-electron chi connectivity index (χ0n) is 18.1. The maximum absolute atomic E-state index is 12.6. The molecule has 2 heterocycles. The van der Waals surface area contributed by atoms with Gasteiger partial charge in [0.25, 0.3) is 0 Å². The molecule has 0 saturated carbocycles. The van der Waals surface area contributed by atoms with Gasteiger partial charge in [0.2, 0.25) is 0 Å². The van der Waals surface area contributed by atoms with E-state index in [0.717, 1.165) is 28.4 Å². The molecular formula is C25H20F3N3O3. The van der Waals surface area contributed by atoms with Gasteiger partial charge >= 0.3 is 12.3 Å². The number of ether oxygens (including phenoxy) is 1. The predicted octanol–water partition coefficient (Wildman–Crippen LogP) is 6.07. The SMILES string of the molecule is CCn1c2ccccc2c2cc(-c3nc4cc(C(=O)O)ccc4n3CCOC(F)(F)F)ccc21. The lowest BCUT2D eigenvalue weighted by Gasteiger charge is -2.12. The number of aryl methyl sites for hydroxylation is 1. The van der Waals surface area contributed by atoms with Crippen LogP contribution in [0.1, 0.15) is 17.3 Å². The molecule has 3 aromatic carbocycles. The minimum absolute atomic E-state index is 0.0525. The van der Waals surface area contributed by atoms with Crippen molar-refractivity contribution in [3.8, 4) is 11.4 Å². The maximum Gasteiger partial charge on any atom is 0.522 e. The Hall–Kier alpha value is -3.85. The summed E-state index contributed by atoms with van der Waals surface area (Å²) in [7, 11) is 0. The van der Waals surface area contributed by atoms with E-state index in [9.17, 15) is 23.1 Å². The number of benzene rings is 3. The number of imidazole rings is 1. The summed E-state index contributed by atoms with van der Waals surface area (Å²) < 4.78 is 45.7. The summed E-state index contributed by atoms with van der Waals surface area (Å²) in [5.74, 6) is -0.661. The van der Waals surface area contributed by atoms with Crippen LogP contribution in [0, 0.1) is 0 Å². The van der Waals surface area contributed by atoms with Crippen molar-refractivity contribution in [2.45, 2.75) is 26.4 Å². The summed E-state index contributed by atoms with van der Waals surface area (Å²) in [6.07, 6.45) is -4.74. The van der Waals surface area contributed by atoms with Crippen LogP contribution >= 0.6 is 0 Å². The highest BCUT2D eigenvalue weighted by atomic mass is 19.4. The highest BCUT2D eigenvalue weighted by molar-refractivity contribution is 6.09. The van der Waals surface area contributed by atoms with Crippen LogP contribution < -0.4 is 0 Å². The zero-order chi connectivity index (χ0) is 24.0. The van der Waals surface area contributed by atoms with Gasteiger partial charge in [0.1, 0.15) is 5.82 Å². The molecule has 5 aromatic rings. The fourth-order valence-corrected chi connectivity index (χ4v) is 4.50. The molecule has 6 nitrogen and oxygen atoms in total. The Labute approximate surface area is 191 Å². The quantitative estimate of drug-likeness (QED) is 0.329. The van der Waals surface area contributed by atoms with Crippen molar-refractivity contribution in [3.63, 3.8) is 0 Å². The van der Waals surface area contributed by atoms with Gasteiger partial charge in [-0.2, -0.15) is 0 Å². The molecule has 1 N–H and O–H groups in total. The molecule has 9 heteroatoms. The van der Waals surface area contributed by atoms with E-state index in [4.69, 9.17) is 0 Å². The number of carboxylic acids is 1. The first-order valence-corrected chi connectivity index (χ1v) is 10.7. The number of rotatable bonds is 6. The highest BCUT2D eigenvalue weighted by Gasteiger charge is 2.29. The van der Waals surface area contributed by atoms with Gasteiger partial charge in [0.05, 0.1) is 23.2 Å². The average Bonchev–Trinajstić information content (AvgIpc) is 3.32. The monoisotopic (exact) mass is 467 g/mol. The summed E-state index contributed by atoms with van der Waals surface area (Å²) in [5, 5.41) is 11.4. The van der Waals surface area contributed by atoms with Crippen LogP contribution in [0.3, 0.4) is 0 Å². The molecule has 174 valence electrons. The number of hydrogen-bond acceptors (Lipinski definition) is 3. The second-order valence-corrected chi connectivity index (χ2v) is 7.88. The van der Waals surface area contributed by atoms with Crippen LogP contribution in [0.5, 0.6) is 0 Å². The van der Waals surface area contributed by atoms with Crippen molar-refractivity contribution in [1.29, 1.82) is 0 Å². The summed E-state index contributed by atoms with van der Waals surface area (Å²) in [6.45, 7) is 2.15. The summed E-state index contributed by atoms with van der Waals surface area (Å²) in [5.41, 5.74) is 3.82. The summed E-state index contributed by atoms with van der Waals surface area (Å²) >= 11 is 0. The van der Waals surface area contributed by atoms with Gasteiger partial charge in [-0.1, -0.05) is 18.2 Å². The number of aromatic nitrogens is 3. The van der Waals surface area contributed by atoms with E-state index in [1.807, 2.05) is 36.4 Å². The molecule has 0 saturated heterocycles. The molecule has 0 aliphatic heterocycles. The number of carboxylic acid groups (broad SMARTS) is 1. The minimum atomic E-state index is -4.74. The Balaban J connectivity index is 1.69. The Morgan fingerprint density at radius 2 is 1.71 bits per heavy atom. The average molecular weight is 467 g/mol. The van der Waals surface area contributed by atoms with E-state index >= 15 is 0 Å². The molecule has 0 aliphatic rings. The summed E-state index contributed by atoms with van der Waals surface area (Å²) in [4.78, 5) is 16.0. The molecular weight excluding hydrogens is 447 g/mol. The highest BCUT2D eigenvalue weighted by Crippen LogP contribution is 2.34. The minimum Gasteiger partial charge on any atom is -0.478 e. The number of hydrogen-bond donors (Lipinski definition) is 1. The molecule has 0 amide bonds. The van der Waals surface area contributed by atoms with Crippen molar-refractivity contribution in [3.05, 3.63) is 66.2 Å². The standard InChI is InChI=1S/C25H20F3N3O3/c1-2-30-20-6-4-3-5-17(20)18-13-15(7-9-21(18)30)23-29-19-14-16(24(32)33)8-10-22(19)31(23)11-12-34-25(26,27)28/h3-10,13-14H,2,11-12H2,1H3,(H,32,33). The van der Waals surface area contributed by atoms with Gasteiger partial charge in [0.15, 0.2) is 0 Å². The predicted molar refractivity (Wildman–Crippen MR) is 123 cm³/mol. The molecule has 0 unspecified atom stereocenters. The molecule has 34 heavy (non-hydrogen) atoms. The van der Waals surface area contributed by atoms with Crippen molar-refractivity contribution in [2.24, 2.45) is 0 Å². The van der Waals surface area contributed by atoms with E-state index in [2.05, 4.69) is 27.3 Å². The lowest BCUT2D eigenvalue weighted by atomic mass is 10.1. The van der Waals surface area contributed by atoms with Gasteiger partial charge in [-0.05, 0) is 49.4 Å². The van der Waals surface area contributed by atoms with Crippen LogP contribution in [0.25, 0.3) is 44.2 Å². The smallest absolute Gasteiger partial charge is 0.478 e. The first kappa shape index (κ1) is 22.0. The Kier molecular flexibility index (Phi) is 5.28. The zero-order valence-corrected chi connectivity index (χ0v) is 18.1. The Bertz CT molecular complexity index is 1550. The van der Waals surface area contributed by atoms with Gasteiger partial charge in [-0.15, -0.1) is 13.2 Å². The molecule has 2 aromatic heterocycles. The largest absolute Gasteiger partial charge is 0.522 e.